The Morgan fingerprint density at radius 1 is 1.40 bits per heavy atom. The second kappa shape index (κ2) is 7.99. The first-order valence-corrected chi connectivity index (χ1v) is 8.01. The number of carboxylic acid groups (broad SMARTS) is 1. The zero-order valence-electron chi connectivity index (χ0n) is 13.4. The predicted molar refractivity (Wildman–Crippen MR) is 80.9 cm³/mol. The van der Waals surface area contributed by atoms with Gasteiger partial charge in [0.05, 0.1) is 6.10 Å². The minimum atomic E-state index is -0.898. The minimum Gasteiger partial charge on any atom is -0.480 e. The van der Waals surface area contributed by atoms with Gasteiger partial charge in [0.1, 0.15) is 5.54 Å². The van der Waals surface area contributed by atoms with Gasteiger partial charge in [0, 0.05) is 12.6 Å². The van der Waals surface area contributed by atoms with Crippen molar-refractivity contribution in [2.75, 3.05) is 6.61 Å². The van der Waals surface area contributed by atoms with E-state index in [1.807, 2.05) is 13.8 Å². The van der Waals surface area contributed by atoms with Crippen LogP contribution in [0.4, 0.5) is 0 Å². The lowest BCUT2D eigenvalue weighted by atomic mass is 9.84. The first kappa shape index (κ1) is 17.4. The molecule has 0 spiro atoms. The van der Waals surface area contributed by atoms with Crippen LogP contribution in [0.2, 0.25) is 0 Å². The van der Waals surface area contributed by atoms with E-state index in [9.17, 15) is 9.90 Å². The first-order chi connectivity index (χ1) is 9.39. The summed E-state index contributed by atoms with van der Waals surface area (Å²) in [6, 6.07) is 0.147. The van der Waals surface area contributed by atoms with E-state index in [1.165, 1.54) is 19.3 Å². The molecule has 1 aliphatic carbocycles. The molecular weight excluding hydrogens is 254 g/mol. The SMILES string of the molecule is CCC1CCCCC1OCCC(C)(NC(C)C)C(=O)O. The van der Waals surface area contributed by atoms with Crippen LogP contribution in [0.25, 0.3) is 0 Å². The highest BCUT2D eigenvalue weighted by atomic mass is 16.5. The molecule has 0 aliphatic heterocycles. The van der Waals surface area contributed by atoms with E-state index in [4.69, 9.17) is 4.74 Å². The summed E-state index contributed by atoms with van der Waals surface area (Å²) in [6.45, 7) is 8.42. The van der Waals surface area contributed by atoms with Crippen molar-refractivity contribution in [1.82, 2.24) is 5.32 Å². The van der Waals surface area contributed by atoms with Gasteiger partial charge in [0.15, 0.2) is 0 Å². The number of ether oxygens (including phenoxy) is 1. The van der Waals surface area contributed by atoms with Gasteiger partial charge in [-0.3, -0.25) is 10.1 Å². The Balaban J connectivity index is 2.45. The van der Waals surface area contributed by atoms with Crippen molar-refractivity contribution in [3.63, 3.8) is 0 Å². The molecule has 4 heteroatoms. The molecule has 0 heterocycles. The molecule has 1 saturated carbocycles. The van der Waals surface area contributed by atoms with Crippen LogP contribution in [0.1, 0.15) is 66.2 Å². The molecule has 0 radical (unpaired) electrons. The summed E-state index contributed by atoms with van der Waals surface area (Å²) in [5.74, 6) is -0.150. The van der Waals surface area contributed by atoms with E-state index < -0.39 is 11.5 Å². The van der Waals surface area contributed by atoms with Crippen molar-refractivity contribution < 1.29 is 14.6 Å². The maximum absolute atomic E-state index is 11.4. The zero-order chi connectivity index (χ0) is 15.2. The van der Waals surface area contributed by atoms with E-state index in [0.29, 0.717) is 25.0 Å². The molecule has 0 saturated heterocycles. The van der Waals surface area contributed by atoms with Gasteiger partial charge in [-0.05, 0) is 46.0 Å². The molecule has 1 fully saturated rings. The van der Waals surface area contributed by atoms with Crippen LogP contribution in [0.15, 0.2) is 0 Å². The quantitative estimate of drug-likeness (QED) is 0.719. The summed E-state index contributed by atoms with van der Waals surface area (Å²) in [6.07, 6.45) is 6.91. The lowest BCUT2D eigenvalue weighted by Crippen LogP contribution is -2.53. The average molecular weight is 285 g/mol. The van der Waals surface area contributed by atoms with Gasteiger partial charge in [-0.2, -0.15) is 0 Å². The minimum absolute atomic E-state index is 0.147. The summed E-state index contributed by atoms with van der Waals surface area (Å²) in [5.41, 5.74) is -0.898. The van der Waals surface area contributed by atoms with Crippen LogP contribution in [-0.2, 0) is 9.53 Å². The molecule has 2 N–H and O–H groups in total. The lowest BCUT2D eigenvalue weighted by molar-refractivity contribution is -0.145. The Labute approximate surface area is 123 Å². The highest BCUT2D eigenvalue weighted by Crippen LogP contribution is 2.29. The first-order valence-electron chi connectivity index (χ1n) is 8.01. The number of rotatable bonds is 8. The third-order valence-corrected chi connectivity index (χ3v) is 4.38. The molecule has 0 aromatic heterocycles. The molecule has 118 valence electrons. The lowest BCUT2D eigenvalue weighted by Gasteiger charge is -2.33. The fourth-order valence-corrected chi connectivity index (χ4v) is 3.15. The maximum atomic E-state index is 11.4. The van der Waals surface area contributed by atoms with Crippen LogP contribution >= 0.6 is 0 Å². The number of hydrogen-bond acceptors (Lipinski definition) is 3. The molecule has 1 aliphatic rings. The maximum Gasteiger partial charge on any atom is 0.323 e. The molecule has 20 heavy (non-hydrogen) atoms. The molecule has 0 bridgehead atoms. The van der Waals surface area contributed by atoms with Crippen molar-refractivity contribution >= 4 is 5.97 Å². The molecular formula is C16H31NO3. The van der Waals surface area contributed by atoms with E-state index in [2.05, 4.69) is 12.2 Å². The molecule has 0 amide bonds. The number of nitrogens with one attached hydrogen (secondary N) is 1. The smallest absolute Gasteiger partial charge is 0.323 e. The van der Waals surface area contributed by atoms with Crippen LogP contribution in [0, 0.1) is 5.92 Å². The Hall–Kier alpha value is -0.610. The third kappa shape index (κ3) is 5.06. The molecule has 3 atom stereocenters. The highest BCUT2D eigenvalue weighted by molar-refractivity contribution is 5.78. The summed E-state index contributed by atoms with van der Waals surface area (Å²) >= 11 is 0. The van der Waals surface area contributed by atoms with Crippen molar-refractivity contribution in [1.29, 1.82) is 0 Å². The summed E-state index contributed by atoms with van der Waals surface area (Å²) in [4.78, 5) is 11.4. The normalized spacial score (nSPS) is 26.4. The topological polar surface area (TPSA) is 58.6 Å². The second-order valence-electron chi connectivity index (χ2n) is 6.55. The molecule has 4 nitrogen and oxygen atoms in total. The number of carboxylic acids is 1. The van der Waals surface area contributed by atoms with Crippen molar-refractivity contribution in [3.05, 3.63) is 0 Å². The molecule has 0 aromatic rings. The van der Waals surface area contributed by atoms with Crippen molar-refractivity contribution in [2.45, 2.75) is 83.9 Å². The molecule has 0 aromatic carbocycles. The Morgan fingerprint density at radius 3 is 2.60 bits per heavy atom. The van der Waals surface area contributed by atoms with Gasteiger partial charge in [0.2, 0.25) is 0 Å². The summed E-state index contributed by atoms with van der Waals surface area (Å²) < 4.78 is 6.01. The van der Waals surface area contributed by atoms with Gasteiger partial charge in [0.25, 0.3) is 0 Å². The second-order valence-corrected chi connectivity index (χ2v) is 6.55. The van der Waals surface area contributed by atoms with Gasteiger partial charge in [-0.25, -0.2) is 0 Å². The van der Waals surface area contributed by atoms with E-state index >= 15 is 0 Å². The van der Waals surface area contributed by atoms with Gasteiger partial charge < -0.3 is 9.84 Å². The number of carbonyl (C=O) groups is 1. The summed E-state index contributed by atoms with van der Waals surface area (Å²) in [5, 5.41) is 12.5. The standard InChI is InChI=1S/C16H31NO3/c1-5-13-8-6-7-9-14(13)20-11-10-16(4,15(18)19)17-12(2)3/h12-14,17H,5-11H2,1-4H3,(H,18,19). The van der Waals surface area contributed by atoms with Crippen LogP contribution in [0.3, 0.4) is 0 Å². The van der Waals surface area contributed by atoms with Crippen LogP contribution < -0.4 is 5.32 Å². The van der Waals surface area contributed by atoms with Crippen molar-refractivity contribution in [2.24, 2.45) is 5.92 Å². The predicted octanol–water partition coefficient (Wildman–Crippen LogP) is 3.20. The monoisotopic (exact) mass is 285 g/mol. The Morgan fingerprint density at radius 2 is 2.05 bits per heavy atom. The largest absolute Gasteiger partial charge is 0.480 e. The zero-order valence-corrected chi connectivity index (χ0v) is 13.4. The fraction of sp³-hybridized carbons (Fsp3) is 0.938. The van der Waals surface area contributed by atoms with Gasteiger partial charge >= 0.3 is 5.97 Å². The van der Waals surface area contributed by atoms with Gasteiger partial charge in [-0.15, -0.1) is 0 Å². The number of hydrogen-bond donors (Lipinski definition) is 2. The Kier molecular flexibility index (Phi) is 6.96. The van der Waals surface area contributed by atoms with E-state index in [0.717, 1.165) is 12.8 Å². The van der Waals surface area contributed by atoms with E-state index in [1.54, 1.807) is 6.92 Å². The van der Waals surface area contributed by atoms with Crippen LogP contribution in [0.5, 0.6) is 0 Å². The Bertz CT molecular complexity index is 306. The molecule has 3 unspecified atom stereocenters. The molecule has 1 rings (SSSR count). The van der Waals surface area contributed by atoms with Gasteiger partial charge in [-0.1, -0.05) is 26.2 Å². The number of aliphatic carboxylic acids is 1. The van der Waals surface area contributed by atoms with Crippen molar-refractivity contribution in [3.8, 4) is 0 Å². The summed E-state index contributed by atoms with van der Waals surface area (Å²) in [7, 11) is 0. The third-order valence-electron chi connectivity index (χ3n) is 4.38. The average Bonchev–Trinajstić information content (AvgIpc) is 2.38. The fourth-order valence-electron chi connectivity index (χ4n) is 3.15. The highest BCUT2D eigenvalue weighted by Gasteiger charge is 2.34. The van der Waals surface area contributed by atoms with Crippen LogP contribution in [-0.4, -0.2) is 35.4 Å². The van der Waals surface area contributed by atoms with E-state index in [-0.39, 0.29) is 6.04 Å².